The predicted octanol–water partition coefficient (Wildman–Crippen LogP) is 3.97. The van der Waals surface area contributed by atoms with Crippen molar-refractivity contribution in [2.24, 2.45) is 0 Å². The standard InChI is InChI=1S/C20H18FN5O4S2/c21-14-3-1-13(2-4-14)12-31-20-24-23-19(32-20)22-18(27)16-11-15(26(28)29)5-6-17(16)25-7-9-30-10-8-25/h1-6,11H,7-10,12H2,(H,22,23,27). The molecule has 2 aromatic carbocycles. The average Bonchev–Trinajstić information content (AvgIpc) is 3.26. The van der Waals surface area contributed by atoms with E-state index in [1.807, 2.05) is 4.90 Å². The van der Waals surface area contributed by atoms with Crippen LogP contribution in [0.1, 0.15) is 15.9 Å². The first-order chi connectivity index (χ1) is 15.5. The number of amides is 1. The molecule has 0 saturated carbocycles. The van der Waals surface area contributed by atoms with Crippen molar-refractivity contribution in [3.8, 4) is 0 Å². The first-order valence-corrected chi connectivity index (χ1v) is 11.4. The zero-order valence-electron chi connectivity index (χ0n) is 16.7. The van der Waals surface area contributed by atoms with Gasteiger partial charge in [0.25, 0.3) is 11.6 Å². The number of rotatable bonds is 7. The molecule has 1 aliphatic rings. The Balaban J connectivity index is 1.47. The Kier molecular flexibility index (Phi) is 6.93. The number of hydrogen-bond donors (Lipinski definition) is 1. The van der Waals surface area contributed by atoms with Gasteiger partial charge in [0, 0.05) is 31.0 Å². The molecule has 166 valence electrons. The van der Waals surface area contributed by atoms with Crippen LogP contribution in [-0.4, -0.2) is 47.3 Å². The molecule has 1 aromatic heterocycles. The number of nitro benzene ring substituents is 1. The van der Waals surface area contributed by atoms with Crippen molar-refractivity contribution in [2.45, 2.75) is 10.1 Å². The number of nitrogens with one attached hydrogen (secondary N) is 1. The van der Waals surface area contributed by atoms with E-state index in [2.05, 4.69) is 15.5 Å². The zero-order chi connectivity index (χ0) is 22.5. The van der Waals surface area contributed by atoms with Crippen LogP contribution in [0.5, 0.6) is 0 Å². The first kappa shape index (κ1) is 22.1. The molecule has 1 fully saturated rings. The summed E-state index contributed by atoms with van der Waals surface area (Å²) in [5.41, 5.74) is 1.56. The third-order valence-electron chi connectivity index (χ3n) is 4.69. The second-order valence-corrected chi connectivity index (χ2v) is 9.00. The second-order valence-electron chi connectivity index (χ2n) is 6.80. The van der Waals surface area contributed by atoms with Gasteiger partial charge in [-0.05, 0) is 23.8 Å². The Hall–Kier alpha value is -3.09. The van der Waals surface area contributed by atoms with E-state index in [4.69, 9.17) is 4.74 Å². The molecule has 2 heterocycles. The van der Waals surface area contributed by atoms with Crippen LogP contribution in [-0.2, 0) is 10.5 Å². The molecule has 1 N–H and O–H groups in total. The highest BCUT2D eigenvalue weighted by molar-refractivity contribution is 8.00. The Morgan fingerprint density at radius 2 is 1.97 bits per heavy atom. The summed E-state index contributed by atoms with van der Waals surface area (Å²) in [4.78, 5) is 25.6. The van der Waals surface area contributed by atoms with E-state index < -0.39 is 10.8 Å². The summed E-state index contributed by atoms with van der Waals surface area (Å²) in [6, 6.07) is 10.4. The third-order valence-corrected chi connectivity index (χ3v) is 6.73. The molecule has 0 bridgehead atoms. The monoisotopic (exact) mass is 475 g/mol. The number of nitrogens with zero attached hydrogens (tertiary/aromatic N) is 4. The van der Waals surface area contributed by atoms with Crippen molar-refractivity contribution in [3.05, 3.63) is 69.5 Å². The average molecular weight is 476 g/mol. The Morgan fingerprint density at radius 1 is 1.22 bits per heavy atom. The SMILES string of the molecule is O=C(Nc1nnc(SCc2ccc(F)cc2)s1)c1cc([N+](=O)[O-])ccc1N1CCOCC1. The lowest BCUT2D eigenvalue weighted by Gasteiger charge is -2.30. The highest BCUT2D eigenvalue weighted by atomic mass is 32.2. The Bertz CT molecular complexity index is 1120. The van der Waals surface area contributed by atoms with Gasteiger partial charge in [0.15, 0.2) is 4.34 Å². The lowest BCUT2D eigenvalue weighted by molar-refractivity contribution is -0.384. The van der Waals surface area contributed by atoms with Gasteiger partial charge in [0.05, 0.1) is 29.4 Å². The topological polar surface area (TPSA) is 110 Å². The van der Waals surface area contributed by atoms with Gasteiger partial charge in [-0.1, -0.05) is 35.2 Å². The van der Waals surface area contributed by atoms with Crippen molar-refractivity contribution >= 4 is 45.5 Å². The predicted molar refractivity (Wildman–Crippen MR) is 120 cm³/mol. The van der Waals surface area contributed by atoms with E-state index in [9.17, 15) is 19.3 Å². The van der Waals surface area contributed by atoms with Crippen LogP contribution < -0.4 is 10.2 Å². The van der Waals surface area contributed by atoms with Crippen molar-refractivity contribution in [2.75, 3.05) is 36.5 Å². The highest BCUT2D eigenvalue weighted by Gasteiger charge is 2.23. The largest absolute Gasteiger partial charge is 0.378 e. The van der Waals surface area contributed by atoms with E-state index in [-0.39, 0.29) is 22.2 Å². The summed E-state index contributed by atoms with van der Waals surface area (Å²) < 4.78 is 19.0. The van der Waals surface area contributed by atoms with Gasteiger partial charge >= 0.3 is 0 Å². The molecule has 1 saturated heterocycles. The summed E-state index contributed by atoms with van der Waals surface area (Å²) in [6.45, 7) is 2.20. The van der Waals surface area contributed by atoms with Gasteiger partial charge in [-0.2, -0.15) is 0 Å². The molecule has 1 amide bonds. The molecule has 0 spiro atoms. The third kappa shape index (κ3) is 5.39. The van der Waals surface area contributed by atoms with Crippen LogP contribution in [0.25, 0.3) is 0 Å². The van der Waals surface area contributed by atoms with E-state index in [0.717, 1.165) is 5.56 Å². The highest BCUT2D eigenvalue weighted by Crippen LogP contribution is 2.30. The van der Waals surface area contributed by atoms with Crippen molar-refractivity contribution in [1.29, 1.82) is 0 Å². The number of non-ortho nitro benzene ring substituents is 1. The zero-order valence-corrected chi connectivity index (χ0v) is 18.3. The summed E-state index contributed by atoms with van der Waals surface area (Å²) in [5, 5.41) is 22.3. The van der Waals surface area contributed by atoms with Gasteiger partial charge in [-0.15, -0.1) is 10.2 Å². The van der Waals surface area contributed by atoms with Crippen molar-refractivity contribution in [1.82, 2.24) is 10.2 Å². The number of morpholine rings is 1. The van der Waals surface area contributed by atoms with Crippen LogP contribution in [0, 0.1) is 15.9 Å². The summed E-state index contributed by atoms with van der Waals surface area (Å²) >= 11 is 2.61. The van der Waals surface area contributed by atoms with Crippen molar-refractivity contribution < 1.29 is 18.8 Å². The van der Waals surface area contributed by atoms with Crippen molar-refractivity contribution in [3.63, 3.8) is 0 Å². The minimum atomic E-state index is -0.533. The number of anilines is 2. The van der Waals surface area contributed by atoms with Gasteiger partial charge in [0.2, 0.25) is 5.13 Å². The maximum absolute atomic E-state index is 13.0. The maximum atomic E-state index is 13.0. The van der Waals surface area contributed by atoms with E-state index >= 15 is 0 Å². The normalized spacial score (nSPS) is 13.7. The smallest absolute Gasteiger partial charge is 0.270 e. The fourth-order valence-corrected chi connectivity index (χ4v) is 4.81. The lowest BCUT2D eigenvalue weighted by atomic mass is 10.1. The number of thioether (sulfide) groups is 1. The molecular formula is C20H18FN5O4S2. The molecule has 32 heavy (non-hydrogen) atoms. The number of carbonyl (C=O) groups excluding carboxylic acids is 1. The molecule has 1 aliphatic heterocycles. The Labute approximate surface area is 190 Å². The molecule has 12 heteroatoms. The number of halogens is 1. The summed E-state index contributed by atoms with van der Waals surface area (Å²) in [5.74, 6) is -0.215. The second kappa shape index (κ2) is 10.0. The molecule has 3 aromatic rings. The summed E-state index contributed by atoms with van der Waals surface area (Å²) in [7, 11) is 0. The molecule has 0 radical (unpaired) electrons. The Morgan fingerprint density at radius 3 is 2.69 bits per heavy atom. The molecule has 0 atom stereocenters. The van der Waals surface area contributed by atoms with Crippen LogP contribution in [0.2, 0.25) is 0 Å². The van der Waals surface area contributed by atoms with Gasteiger partial charge in [0.1, 0.15) is 5.82 Å². The van der Waals surface area contributed by atoms with Crippen LogP contribution in [0.4, 0.5) is 20.9 Å². The number of aromatic nitrogens is 2. The number of nitro groups is 1. The fourth-order valence-electron chi connectivity index (χ4n) is 3.11. The van der Waals surface area contributed by atoms with Gasteiger partial charge in [-0.3, -0.25) is 20.2 Å². The fraction of sp³-hybridized carbons (Fsp3) is 0.250. The van der Waals surface area contributed by atoms with Crippen LogP contribution in [0.15, 0.2) is 46.8 Å². The van der Waals surface area contributed by atoms with Crippen LogP contribution >= 0.6 is 23.1 Å². The lowest BCUT2D eigenvalue weighted by Crippen LogP contribution is -2.37. The van der Waals surface area contributed by atoms with E-state index in [0.29, 0.717) is 42.1 Å². The number of ether oxygens (including phenoxy) is 1. The summed E-state index contributed by atoms with van der Waals surface area (Å²) in [6.07, 6.45) is 0. The number of carbonyl (C=O) groups is 1. The molecule has 4 rings (SSSR count). The van der Waals surface area contributed by atoms with E-state index in [1.54, 1.807) is 18.2 Å². The molecule has 0 aliphatic carbocycles. The van der Waals surface area contributed by atoms with Gasteiger partial charge < -0.3 is 9.64 Å². The first-order valence-electron chi connectivity index (χ1n) is 9.63. The minimum absolute atomic E-state index is 0.167. The van der Waals surface area contributed by atoms with Crippen LogP contribution in [0.3, 0.4) is 0 Å². The minimum Gasteiger partial charge on any atom is -0.378 e. The number of benzene rings is 2. The maximum Gasteiger partial charge on any atom is 0.270 e. The molecular weight excluding hydrogens is 457 g/mol. The van der Waals surface area contributed by atoms with E-state index in [1.165, 1.54) is 47.4 Å². The molecule has 9 nitrogen and oxygen atoms in total. The quantitative estimate of drug-likeness (QED) is 0.237. The molecule has 0 unspecified atom stereocenters. The number of hydrogen-bond acceptors (Lipinski definition) is 9. The van der Waals surface area contributed by atoms with Gasteiger partial charge in [-0.25, -0.2) is 4.39 Å².